The first-order chi connectivity index (χ1) is 9.47. The largest absolute Gasteiger partial charge is 0.440 e. The molecule has 7 heteroatoms. The summed E-state index contributed by atoms with van der Waals surface area (Å²) < 4.78 is 5.54. The van der Waals surface area contributed by atoms with Gasteiger partial charge in [-0.1, -0.05) is 6.07 Å². The number of primary amides is 1. The highest BCUT2D eigenvalue weighted by Crippen LogP contribution is 2.25. The van der Waals surface area contributed by atoms with Crippen molar-refractivity contribution in [2.45, 2.75) is 26.3 Å². The molecule has 2 aromatic heterocycles. The summed E-state index contributed by atoms with van der Waals surface area (Å²) in [5.74, 6) is 0.207. The van der Waals surface area contributed by atoms with Crippen molar-refractivity contribution in [1.82, 2.24) is 10.3 Å². The minimum Gasteiger partial charge on any atom is -0.440 e. The molecule has 106 valence electrons. The number of carbonyl (C=O) groups is 2. The molecule has 3 N–H and O–H groups in total. The molecule has 0 spiro atoms. The van der Waals surface area contributed by atoms with E-state index in [1.54, 1.807) is 6.92 Å². The fourth-order valence-electron chi connectivity index (χ4n) is 1.61. The zero-order valence-electron chi connectivity index (χ0n) is 11.2. The van der Waals surface area contributed by atoms with Crippen LogP contribution in [0.4, 0.5) is 0 Å². The lowest BCUT2D eigenvalue weighted by atomic mass is 10.2. The Balaban J connectivity index is 2.07. The smallest absolute Gasteiger partial charge is 0.239 e. The Morgan fingerprint density at radius 2 is 2.30 bits per heavy atom. The van der Waals surface area contributed by atoms with E-state index in [0.29, 0.717) is 17.3 Å². The van der Waals surface area contributed by atoms with Crippen molar-refractivity contribution in [2.75, 3.05) is 0 Å². The fourth-order valence-corrected chi connectivity index (χ4v) is 2.26. The number of nitrogens with one attached hydrogen (secondary N) is 1. The summed E-state index contributed by atoms with van der Waals surface area (Å²) in [4.78, 5) is 27.9. The molecule has 2 amide bonds. The maximum atomic E-state index is 11.8. The third-order valence-corrected chi connectivity index (χ3v) is 3.61. The number of oxazole rings is 1. The predicted octanol–water partition coefficient (Wildman–Crippen LogP) is 1.24. The maximum Gasteiger partial charge on any atom is 0.239 e. The van der Waals surface area contributed by atoms with Crippen molar-refractivity contribution in [2.24, 2.45) is 5.73 Å². The van der Waals surface area contributed by atoms with Crippen LogP contribution >= 0.6 is 11.3 Å². The van der Waals surface area contributed by atoms with Crippen molar-refractivity contribution >= 4 is 23.2 Å². The maximum absolute atomic E-state index is 11.8. The van der Waals surface area contributed by atoms with E-state index >= 15 is 0 Å². The zero-order valence-corrected chi connectivity index (χ0v) is 12.0. The van der Waals surface area contributed by atoms with E-state index in [1.165, 1.54) is 18.3 Å². The van der Waals surface area contributed by atoms with E-state index in [4.69, 9.17) is 10.2 Å². The highest BCUT2D eigenvalue weighted by atomic mass is 32.1. The van der Waals surface area contributed by atoms with Crippen molar-refractivity contribution in [3.05, 3.63) is 29.0 Å². The van der Waals surface area contributed by atoms with Gasteiger partial charge in [0.2, 0.25) is 17.7 Å². The normalized spacial score (nSPS) is 12.1. The lowest BCUT2D eigenvalue weighted by Gasteiger charge is -2.08. The highest BCUT2D eigenvalue weighted by Gasteiger charge is 2.17. The van der Waals surface area contributed by atoms with Crippen LogP contribution in [0.2, 0.25) is 0 Å². The van der Waals surface area contributed by atoms with Gasteiger partial charge in [0.25, 0.3) is 0 Å². The predicted molar refractivity (Wildman–Crippen MR) is 75.1 cm³/mol. The Kier molecular flexibility index (Phi) is 4.19. The summed E-state index contributed by atoms with van der Waals surface area (Å²) >= 11 is 1.51. The van der Waals surface area contributed by atoms with Gasteiger partial charge in [-0.2, -0.15) is 0 Å². The molecular weight excluding hydrogens is 278 g/mol. The molecule has 2 rings (SSSR count). The average molecular weight is 293 g/mol. The van der Waals surface area contributed by atoms with E-state index in [1.807, 2.05) is 17.5 Å². The topological polar surface area (TPSA) is 98.2 Å². The SMILES string of the molecule is Cc1oc(-c2cccs2)nc1CC(=O)NC(C)C(N)=O. The molecule has 2 heterocycles. The van der Waals surface area contributed by atoms with Crippen molar-refractivity contribution in [3.63, 3.8) is 0 Å². The molecule has 0 saturated carbocycles. The molecule has 0 aliphatic rings. The van der Waals surface area contributed by atoms with E-state index in [-0.39, 0.29) is 12.3 Å². The second kappa shape index (κ2) is 5.87. The average Bonchev–Trinajstić information content (AvgIpc) is 2.99. The van der Waals surface area contributed by atoms with E-state index in [9.17, 15) is 9.59 Å². The van der Waals surface area contributed by atoms with Crippen LogP contribution in [-0.4, -0.2) is 22.8 Å². The molecule has 1 unspecified atom stereocenters. The van der Waals surface area contributed by atoms with Crippen LogP contribution in [0.25, 0.3) is 10.8 Å². The van der Waals surface area contributed by atoms with E-state index in [0.717, 1.165) is 4.88 Å². The molecule has 0 aliphatic heterocycles. The number of thiophene rings is 1. The Morgan fingerprint density at radius 3 is 2.90 bits per heavy atom. The molecule has 6 nitrogen and oxygen atoms in total. The molecule has 0 radical (unpaired) electrons. The molecule has 0 saturated heterocycles. The molecule has 0 aromatic carbocycles. The van der Waals surface area contributed by atoms with Gasteiger partial charge in [0.05, 0.1) is 17.0 Å². The monoisotopic (exact) mass is 293 g/mol. The number of aryl methyl sites for hydroxylation is 1. The quantitative estimate of drug-likeness (QED) is 0.866. The Bertz CT molecular complexity index is 619. The van der Waals surface area contributed by atoms with Crippen molar-refractivity contribution in [3.8, 4) is 10.8 Å². The highest BCUT2D eigenvalue weighted by molar-refractivity contribution is 7.13. The number of rotatable bonds is 5. The van der Waals surface area contributed by atoms with Crippen LogP contribution < -0.4 is 11.1 Å². The number of aromatic nitrogens is 1. The van der Waals surface area contributed by atoms with Gasteiger partial charge in [-0.3, -0.25) is 9.59 Å². The number of carbonyl (C=O) groups excluding carboxylic acids is 2. The van der Waals surface area contributed by atoms with Crippen molar-refractivity contribution in [1.29, 1.82) is 0 Å². The molecule has 2 aromatic rings. The molecule has 20 heavy (non-hydrogen) atoms. The summed E-state index contributed by atoms with van der Waals surface area (Å²) in [7, 11) is 0. The first-order valence-electron chi connectivity index (χ1n) is 6.06. The number of nitrogens with two attached hydrogens (primary N) is 1. The van der Waals surface area contributed by atoms with Crippen LogP contribution in [-0.2, 0) is 16.0 Å². The van der Waals surface area contributed by atoms with Gasteiger partial charge in [-0.25, -0.2) is 4.98 Å². The van der Waals surface area contributed by atoms with Gasteiger partial charge in [0.1, 0.15) is 11.8 Å². The number of hydrogen-bond acceptors (Lipinski definition) is 5. The molecule has 1 atom stereocenters. The first-order valence-corrected chi connectivity index (χ1v) is 6.94. The van der Waals surface area contributed by atoms with E-state index < -0.39 is 11.9 Å². The summed E-state index contributed by atoms with van der Waals surface area (Å²) in [5, 5.41) is 4.43. The van der Waals surface area contributed by atoms with Crippen LogP contribution in [0.5, 0.6) is 0 Å². The zero-order chi connectivity index (χ0) is 14.7. The minimum absolute atomic E-state index is 0.0539. The lowest BCUT2D eigenvalue weighted by molar-refractivity contribution is -0.126. The van der Waals surface area contributed by atoms with Crippen molar-refractivity contribution < 1.29 is 14.0 Å². The second-order valence-corrected chi connectivity index (χ2v) is 5.32. The number of nitrogens with zero attached hydrogens (tertiary/aromatic N) is 1. The summed E-state index contributed by atoms with van der Waals surface area (Å²) in [5.41, 5.74) is 5.65. The minimum atomic E-state index is -0.702. The third-order valence-electron chi connectivity index (χ3n) is 2.76. The third kappa shape index (κ3) is 3.24. The Morgan fingerprint density at radius 1 is 1.55 bits per heavy atom. The van der Waals surface area contributed by atoms with Gasteiger partial charge in [-0.15, -0.1) is 11.3 Å². The summed E-state index contributed by atoms with van der Waals surface area (Å²) in [6.45, 7) is 3.29. The van der Waals surface area contributed by atoms with Gasteiger partial charge in [-0.05, 0) is 25.3 Å². The van der Waals surface area contributed by atoms with Crippen LogP contribution in [0.1, 0.15) is 18.4 Å². The first kappa shape index (κ1) is 14.3. The summed E-state index contributed by atoms with van der Waals surface area (Å²) in [6, 6.07) is 3.10. The van der Waals surface area contributed by atoms with Gasteiger partial charge in [0.15, 0.2) is 0 Å². The molecule has 0 aliphatic carbocycles. The molecule has 0 bridgehead atoms. The van der Waals surface area contributed by atoms with Crippen LogP contribution in [0, 0.1) is 6.92 Å². The van der Waals surface area contributed by atoms with Crippen LogP contribution in [0.3, 0.4) is 0 Å². The van der Waals surface area contributed by atoms with Gasteiger partial charge in [0, 0.05) is 0 Å². The molecule has 0 fully saturated rings. The van der Waals surface area contributed by atoms with Gasteiger partial charge >= 0.3 is 0 Å². The van der Waals surface area contributed by atoms with Gasteiger partial charge < -0.3 is 15.5 Å². The Labute approximate surface area is 120 Å². The fraction of sp³-hybridized carbons (Fsp3) is 0.308. The number of hydrogen-bond donors (Lipinski definition) is 2. The molecular formula is C13H15N3O3S. The lowest BCUT2D eigenvalue weighted by Crippen LogP contribution is -2.42. The standard InChI is InChI=1S/C13H15N3O3S/c1-7(12(14)18)15-11(17)6-9-8(2)19-13(16-9)10-4-3-5-20-10/h3-5,7H,6H2,1-2H3,(H2,14,18)(H,15,17). The summed E-state index contributed by atoms with van der Waals surface area (Å²) in [6.07, 6.45) is 0.0539. The van der Waals surface area contributed by atoms with Crippen LogP contribution in [0.15, 0.2) is 21.9 Å². The Hall–Kier alpha value is -2.15. The number of amides is 2. The second-order valence-electron chi connectivity index (χ2n) is 4.37. The van der Waals surface area contributed by atoms with E-state index in [2.05, 4.69) is 10.3 Å².